The van der Waals surface area contributed by atoms with Crippen LogP contribution < -0.4 is 10.6 Å². The van der Waals surface area contributed by atoms with E-state index in [1.807, 2.05) is 42.7 Å². The van der Waals surface area contributed by atoms with Crippen LogP contribution in [0.3, 0.4) is 0 Å². The number of benzene rings is 2. The van der Waals surface area contributed by atoms with Crippen LogP contribution in [0.4, 0.5) is 18.0 Å². The average molecular weight is 546 g/mol. The van der Waals surface area contributed by atoms with Gasteiger partial charge in [0, 0.05) is 28.5 Å². The molecule has 196 valence electrons. The molecule has 1 atom stereocenters. The minimum absolute atomic E-state index is 0.0459. The van der Waals surface area contributed by atoms with Crippen molar-refractivity contribution >= 4 is 29.6 Å². The fourth-order valence-corrected chi connectivity index (χ4v) is 5.64. The van der Waals surface area contributed by atoms with Crippen molar-refractivity contribution in [3.8, 4) is 0 Å². The monoisotopic (exact) mass is 545 g/mol. The van der Waals surface area contributed by atoms with E-state index >= 15 is 0 Å². The number of halogens is 3. The topological polar surface area (TPSA) is 54.0 Å². The Bertz CT molecular complexity index is 1200. The molecular weight excluding hydrogens is 515 g/mol. The number of aromatic nitrogens is 1. The standard InChI is InChI=1S/C28H30F3N3OS2/c1-36-23-12-13-25(32-18-23)27(17-19-8-4-3-5-9-19,34-26(35)33-22-10-6-7-11-22)20-14-21(28(29,30)31)16-24(15-20)37-2/h3-5,8-9,12-16,18,22H,6-7,10-11,17H2,1-2H3,(H2,33,34,35). The van der Waals surface area contributed by atoms with E-state index in [2.05, 4.69) is 15.6 Å². The highest BCUT2D eigenvalue weighted by molar-refractivity contribution is 7.98. The number of rotatable bonds is 8. The van der Waals surface area contributed by atoms with Gasteiger partial charge in [0.25, 0.3) is 0 Å². The molecule has 1 aromatic heterocycles. The van der Waals surface area contributed by atoms with Crippen molar-refractivity contribution in [1.82, 2.24) is 15.6 Å². The molecule has 1 fully saturated rings. The number of nitrogens with one attached hydrogen (secondary N) is 2. The third-order valence-corrected chi connectivity index (χ3v) is 8.12. The number of pyridine rings is 1. The third-order valence-electron chi connectivity index (χ3n) is 6.70. The highest BCUT2D eigenvalue weighted by Gasteiger charge is 2.41. The van der Waals surface area contributed by atoms with Crippen LogP contribution in [0.2, 0.25) is 0 Å². The van der Waals surface area contributed by atoms with Crippen molar-refractivity contribution in [2.45, 2.75) is 59.7 Å². The Hall–Kier alpha value is -2.65. The number of urea groups is 1. The second-order valence-electron chi connectivity index (χ2n) is 9.18. The molecule has 0 saturated heterocycles. The third kappa shape index (κ3) is 6.62. The summed E-state index contributed by atoms with van der Waals surface area (Å²) in [7, 11) is 0. The molecule has 2 aromatic carbocycles. The first-order valence-corrected chi connectivity index (χ1v) is 14.6. The van der Waals surface area contributed by atoms with Crippen LogP contribution in [0.1, 0.15) is 48.1 Å². The average Bonchev–Trinajstić information content (AvgIpc) is 3.41. The maximum atomic E-state index is 14.0. The molecule has 1 saturated carbocycles. The van der Waals surface area contributed by atoms with Crippen LogP contribution in [-0.4, -0.2) is 29.6 Å². The molecule has 1 aliphatic carbocycles. The summed E-state index contributed by atoms with van der Waals surface area (Å²) in [6.45, 7) is 0. The molecule has 2 amide bonds. The van der Waals surface area contributed by atoms with E-state index in [1.54, 1.807) is 24.6 Å². The number of carbonyl (C=O) groups excluding carboxylic acids is 1. The maximum absolute atomic E-state index is 14.0. The van der Waals surface area contributed by atoms with Gasteiger partial charge in [-0.1, -0.05) is 43.2 Å². The lowest BCUT2D eigenvalue weighted by atomic mass is 9.80. The van der Waals surface area contributed by atoms with Gasteiger partial charge in [-0.3, -0.25) is 4.98 Å². The molecule has 2 N–H and O–H groups in total. The number of thioether (sulfide) groups is 2. The second kappa shape index (κ2) is 11.8. The SMILES string of the molecule is CSc1ccc(C(Cc2ccccc2)(NC(=O)NC2CCCC2)c2cc(SC)cc(C(F)(F)F)c2)nc1. The Kier molecular flexibility index (Phi) is 8.75. The summed E-state index contributed by atoms with van der Waals surface area (Å²) < 4.78 is 42.0. The van der Waals surface area contributed by atoms with Gasteiger partial charge in [0.1, 0.15) is 5.54 Å². The molecule has 9 heteroatoms. The van der Waals surface area contributed by atoms with E-state index in [9.17, 15) is 18.0 Å². The minimum atomic E-state index is -4.54. The zero-order chi connectivity index (χ0) is 26.5. The fourth-order valence-electron chi connectivity index (χ4n) is 4.79. The number of amides is 2. The van der Waals surface area contributed by atoms with Gasteiger partial charge in [-0.2, -0.15) is 13.2 Å². The summed E-state index contributed by atoms with van der Waals surface area (Å²) in [6, 6.07) is 16.8. The summed E-state index contributed by atoms with van der Waals surface area (Å²) in [6.07, 6.45) is 4.92. The van der Waals surface area contributed by atoms with Gasteiger partial charge in [-0.05, 0) is 66.8 Å². The van der Waals surface area contributed by atoms with Gasteiger partial charge in [-0.25, -0.2) is 4.79 Å². The molecule has 0 spiro atoms. The first-order valence-electron chi connectivity index (χ1n) is 12.1. The Morgan fingerprint density at radius 1 is 0.946 bits per heavy atom. The van der Waals surface area contributed by atoms with Gasteiger partial charge >= 0.3 is 12.2 Å². The molecular formula is C28H30F3N3OS2. The van der Waals surface area contributed by atoms with Gasteiger partial charge < -0.3 is 10.6 Å². The first kappa shape index (κ1) is 27.4. The van der Waals surface area contributed by atoms with E-state index in [0.29, 0.717) is 16.2 Å². The maximum Gasteiger partial charge on any atom is 0.416 e. The van der Waals surface area contributed by atoms with Crippen molar-refractivity contribution < 1.29 is 18.0 Å². The Morgan fingerprint density at radius 3 is 2.22 bits per heavy atom. The van der Waals surface area contributed by atoms with Crippen LogP contribution in [0.5, 0.6) is 0 Å². The van der Waals surface area contributed by atoms with Crippen LogP contribution in [0.15, 0.2) is 76.7 Å². The fraction of sp³-hybridized carbons (Fsp3) is 0.357. The van der Waals surface area contributed by atoms with Gasteiger partial charge in [-0.15, -0.1) is 23.5 Å². The van der Waals surface area contributed by atoms with Gasteiger partial charge in [0.2, 0.25) is 0 Å². The number of hydrogen-bond donors (Lipinski definition) is 2. The molecule has 0 bridgehead atoms. The first-order chi connectivity index (χ1) is 17.7. The molecule has 1 heterocycles. The van der Waals surface area contributed by atoms with Crippen molar-refractivity contribution in [2.24, 2.45) is 0 Å². The largest absolute Gasteiger partial charge is 0.416 e. The lowest BCUT2D eigenvalue weighted by molar-refractivity contribution is -0.137. The van der Waals surface area contributed by atoms with Crippen LogP contribution in [-0.2, 0) is 18.1 Å². The minimum Gasteiger partial charge on any atom is -0.335 e. The van der Waals surface area contributed by atoms with E-state index in [1.165, 1.54) is 23.5 Å². The summed E-state index contributed by atoms with van der Waals surface area (Å²) in [5.41, 5.74) is -0.427. The Morgan fingerprint density at radius 2 is 1.62 bits per heavy atom. The van der Waals surface area contributed by atoms with Gasteiger partial charge in [0.05, 0.1) is 11.3 Å². The van der Waals surface area contributed by atoms with Crippen molar-refractivity contribution in [2.75, 3.05) is 12.5 Å². The summed E-state index contributed by atoms with van der Waals surface area (Å²) in [5, 5.41) is 6.16. The smallest absolute Gasteiger partial charge is 0.335 e. The molecule has 1 aliphatic rings. The number of carbonyl (C=O) groups is 1. The molecule has 0 aliphatic heterocycles. The predicted molar refractivity (Wildman–Crippen MR) is 144 cm³/mol. The molecule has 37 heavy (non-hydrogen) atoms. The molecule has 1 unspecified atom stereocenters. The van der Waals surface area contributed by atoms with E-state index in [4.69, 9.17) is 0 Å². The van der Waals surface area contributed by atoms with Crippen molar-refractivity contribution in [3.63, 3.8) is 0 Å². The van der Waals surface area contributed by atoms with E-state index in [0.717, 1.165) is 48.3 Å². The normalized spacial score (nSPS) is 15.8. The van der Waals surface area contributed by atoms with Crippen LogP contribution in [0, 0.1) is 0 Å². The predicted octanol–water partition coefficient (Wildman–Crippen LogP) is 7.27. The van der Waals surface area contributed by atoms with Crippen molar-refractivity contribution in [3.05, 3.63) is 89.2 Å². The number of hydrogen-bond acceptors (Lipinski definition) is 4. The Balaban J connectivity index is 1.91. The highest BCUT2D eigenvalue weighted by atomic mass is 32.2. The summed E-state index contributed by atoms with van der Waals surface area (Å²) >= 11 is 2.75. The lowest BCUT2D eigenvalue weighted by Gasteiger charge is -2.36. The number of nitrogens with zero attached hydrogens (tertiary/aromatic N) is 1. The number of alkyl halides is 3. The van der Waals surface area contributed by atoms with E-state index in [-0.39, 0.29) is 12.5 Å². The molecule has 4 rings (SSSR count). The molecule has 4 nitrogen and oxygen atoms in total. The summed E-state index contributed by atoms with van der Waals surface area (Å²) in [4.78, 5) is 19.5. The second-order valence-corrected chi connectivity index (χ2v) is 10.9. The zero-order valence-electron chi connectivity index (χ0n) is 20.8. The van der Waals surface area contributed by atoms with Crippen LogP contribution >= 0.6 is 23.5 Å². The Labute approximate surface area is 224 Å². The zero-order valence-corrected chi connectivity index (χ0v) is 22.4. The quantitative estimate of drug-likeness (QED) is 0.292. The summed E-state index contributed by atoms with van der Waals surface area (Å²) in [5.74, 6) is 0. The molecule has 0 radical (unpaired) electrons. The highest BCUT2D eigenvalue weighted by Crippen LogP contribution is 2.39. The van der Waals surface area contributed by atoms with E-state index < -0.39 is 23.3 Å². The lowest BCUT2D eigenvalue weighted by Crippen LogP contribution is -2.54. The van der Waals surface area contributed by atoms with Gasteiger partial charge in [0.15, 0.2) is 0 Å². The molecule has 3 aromatic rings. The van der Waals surface area contributed by atoms with Crippen molar-refractivity contribution in [1.29, 1.82) is 0 Å². The van der Waals surface area contributed by atoms with Crippen LogP contribution in [0.25, 0.3) is 0 Å².